The zero-order valence-electron chi connectivity index (χ0n) is 9.78. The van der Waals surface area contributed by atoms with Crippen molar-refractivity contribution in [1.29, 1.82) is 0 Å². The molecule has 0 fully saturated rings. The lowest BCUT2D eigenvalue weighted by molar-refractivity contribution is -0.146. The van der Waals surface area contributed by atoms with Crippen LogP contribution < -0.4 is 5.32 Å². The van der Waals surface area contributed by atoms with Gasteiger partial charge in [-0.25, -0.2) is 4.79 Å². The number of carbonyl (C=O) groups excluding carboxylic acids is 1. The van der Waals surface area contributed by atoms with Crippen LogP contribution >= 0.6 is 0 Å². The highest BCUT2D eigenvalue weighted by Crippen LogP contribution is 2.12. The summed E-state index contributed by atoms with van der Waals surface area (Å²) in [6, 6.07) is 6.66. The summed E-state index contributed by atoms with van der Waals surface area (Å²) in [4.78, 5) is 22.4. The normalized spacial score (nSPS) is 15.5. The zero-order valence-corrected chi connectivity index (χ0v) is 9.78. The van der Waals surface area contributed by atoms with E-state index in [4.69, 9.17) is 5.11 Å². The predicted octanol–water partition coefficient (Wildman–Crippen LogP) is -0.330. The lowest BCUT2D eigenvalue weighted by atomic mass is 10.1. The third-order valence-electron chi connectivity index (χ3n) is 2.41. The molecule has 1 aromatic rings. The number of hydrogen-bond acceptors (Lipinski definition) is 4. The number of nitrogens with one attached hydrogen (secondary N) is 1. The highest BCUT2D eigenvalue weighted by molar-refractivity contribution is 5.87. The first kappa shape index (κ1) is 14.1. The molecule has 1 aromatic carbocycles. The van der Waals surface area contributed by atoms with Crippen molar-refractivity contribution in [2.75, 3.05) is 0 Å². The molecule has 6 heteroatoms. The predicted molar refractivity (Wildman–Crippen MR) is 62.6 cm³/mol. The molecule has 3 atom stereocenters. The van der Waals surface area contributed by atoms with Crippen molar-refractivity contribution in [1.82, 2.24) is 5.32 Å². The molecule has 0 heterocycles. The van der Waals surface area contributed by atoms with Gasteiger partial charge in [-0.1, -0.05) is 30.3 Å². The van der Waals surface area contributed by atoms with Crippen molar-refractivity contribution < 1.29 is 24.9 Å². The Balaban J connectivity index is 2.73. The van der Waals surface area contributed by atoms with E-state index in [9.17, 15) is 19.8 Å². The van der Waals surface area contributed by atoms with Gasteiger partial charge in [0.1, 0.15) is 0 Å². The number of carbonyl (C=O) groups is 2. The molecule has 1 rings (SSSR count). The Hall–Kier alpha value is -1.92. The average molecular weight is 253 g/mol. The van der Waals surface area contributed by atoms with Crippen LogP contribution in [0.3, 0.4) is 0 Å². The number of aliphatic hydroxyl groups is 2. The van der Waals surface area contributed by atoms with Crippen molar-refractivity contribution in [2.45, 2.75) is 25.2 Å². The molecule has 4 N–H and O–H groups in total. The van der Waals surface area contributed by atoms with Crippen LogP contribution in [-0.4, -0.2) is 39.3 Å². The number of benzene rings is 1. The minimum Gasteiger partial charge on any atom is -0.480 e. The minimum atomic E-state index is -1.47. The van der Waals surface area contributed by atoms with Gasteiger partial charge in [-0.2, -0.15) is 0 Å². The third kappa shape index (κ3) is 3.54. The van der Waals surface area contributed by atoms with E-state index in [1.54, 1.807) is 30.3 Å². The van der Waals surface area contributed by atoms with Gasteiger partial charge in [0, 0.05) is 0 Å². The van der Waals surface area contributed by atoms with E-state index in [-0.39, 0.29) is 0 Å². The standard InChI is InChI=1S/C12H15NO5/c1-7(14)9(12(17)18)13-11(16)10(15)8-5-3-2-4-6-8/h2-7,9-10,14-15H,1H3,(H,13,16)(H,17,18). The zero-order chi connectivity index (χ0) is 13.7. The fourth-order valence-corrected chi connectivity index (χ4v) is 1.41. The Morgan fingerprint density at radius 2 is 1.72 bits per heavy atom. The number of carboxylic acid groups (broad SMARTS) is 1. The van der Waals surface area contributed by atoms with Crippen molar-refractivity contribution in [3.8, 4) is 0 Å². The molecule has 0 aliphatic heterocycles. The fraction of sp³-hybridized carbons (Fsp3) is 0.333. The molecule has 0 aromatic heterocycles. The fourth-order valence-electron chi connectivity index (χ4n) is 1.41. The summed E-state index contributed by atoms with van der Waals surface area (Å²) >= 11 is 0. The topological polar surface area (TPSA) is 107 Å². The first-order chi connectivity index (χ1) is 8.43. The number of hydrogen-bond donors (Lipinski definition) is 4. The lowest BCUT2D eigenvalue weighted by Gasteiger charge is -2.19. The summed E-state index contributed by atoms with van der Waals surface area (Å²) in [6.45, 7) is 1.24. The molecule has 1 amide bonds. The summed E-state index contributed by atoms with van der Waals surface area (Å²) in [5.74, 6) is -2.23. The van der Waals surface area contributed by atoms with Crippen LogP contribution in [0.25, 0.3) is 0 Å². The molecule has 0 aliphatic carbocycles. The number of aliphatic hydroxyl groups excluding tert-OH is 2. The van der Waals surface area contributed by atoms with Crippen LogP contribution in [0.5, 0.6) is 0 Å². The van der Waals surface area contributed by atoms with Crippen LogP contribution in [0.2, 0.25) is 0 Å². The molecule has 6 nitrogen and oxygen atoms in total. The van der Waals surface area contributed by atoms with E-state index in [1.165, 1.54) is 6.92 Å². The number of rotatable bonds is 5. The Labute approximate surface area is 104 Å². The summed E-state index contributed by atoms with van der Waals surface area (Å²) < 4.78 is 0. The van der Waals surface area contributed by atoms with Gasteiger partial charge >= 0.3 is 5.97 Å². The number of amides is 1. The van der Waals surface area contributed by atoms with Crippen LogP contribution in [0.4, 0.5) is 0 Å². The van der Waals surface area contributed by atoms with Gasteiger partial charge in [0.2, 0.25) is 0 Å². The molecule has 0 saturated heterocycles. The quantitative estimate of drug-likeness (QED) is 0.575. The molecule has 0 bridgehead atoms. The van der Waals surface area contributed by atoms with Gasteiger partial charge < -0.3 is 20.6 Å². The molecule has 98 valence electrons. The van der Waals surface area contributed by atoms with Gasteiger partial charge in [0.15, 0.2) is 12.1 Å². The summed E-state index contributed by atoms with van der Waals surface area (Å²) in [7, 11) is 0. The summed E-state index contributed by atoms with van der Waals surface area (Å²) in [6.07, 6.45) is -2.72. The molecule has 0 saturated carbocycles. The smallest absolute Gasteiger partial charge is 0.328 e. The average Bonchev–Trinajstić information content (AvgIpc) is 2.35. The Morgan fingerprint density at radius 1 is 1.17 bits per heavy atom. The maximum atomic E-state index is 11.6. The molecule has 18 heavy (non-hydrogen) atoms. The minimum absolute atomic E-state index is 0.352. The highest BCUT2D eigenvalue weighted by Gasteiger charge is 2.28. The molecule has 3 unspecified atom stereocenters. The largest absolute Gasteiger partial charge is 0.480 e. The van der Waals surface area contributed by atoms with E-state index in [2.05, 4.69) is 5.32 Å². The Bertz CT molecular complexity index is 418. The number of carboxylic acids is 1. The maximum Gasteiger partial charge on any atom is 0.328 e. The van der Waals surface area contributed by atoms with Gasteiger partial charge in [0.05, 0.1) is 6.10 Å². The van der Waals surface area contributed by atoms with Gasteiger partial charge in [-0.3, -0.25) is 4.79 Å². The number of aliphatic carboxylic acids is 1. The van der Waals surface area contributed by atoms with E-state index in [1.807, 2.05) is 0 Å². The maximum absolute atomic E-state index is 11.6. The van der Waals surface area contributed by atoms with Crippen molar-refractivity contribution in [2.24, 2.45) is 0 Å². The monoisotopic (exact) mass is 253 g/mol. The van der Waals surface area contributed by atoms with Gasteiger partial charge in [0.25, 0.3) is 5.91 Å². The molecular weight excluding hydrogens is 238 g/mol. The molecular formula is C12H15NO5. The van der Waals surface area contributed by atoms with E-state index in [0.717, 1.165) is 0 Å². The SMILES string of the molecule is CC(O)C(NC(=O)C(O)c1ccccc1)C(=O)O. The second-order valence-corrected chi connectivity index (χ2v) is 3.88. The van der Waals surface area contributed by atoms with Crippen LogP contribution in [0, 0.1) is 0 Å². The molecule has 0 radical (unpaired) electrons. The van der Waals surface area contributed by atoms with E-state index >= 15 is 0 Å². The van der Waals surface area contributed by atoms with Crippen LogP contribution in [0.1, 0.15) is 18.6 Å². The highest BCUT2D eigenvalue weighted by atomic mass is 16.4. The van der Waals surface area contributed by atoms with Gasteiger partial charge in [-0.15, -0.1) is 0 Å². The molecule has 0 spiro atoms. The van der Waals surface area contributed by atoms with Crippen molar-refractivity contribution in [3.05, 3.63) is 35.9 Å². The second-order valence-electron chi connectivity index (χ2n) is 3.88. The van der Waals surface area contributed by atoms with E-state index < -0.39 is 30.1 Å². The van der Waals surface area contributed by atoms with Crippen molar-refractivity contribution >= 4 is 11.9 Å². The first-order valence-electron chi connectivity index (χ1n) is 5.37. The van der Waals surface area contributed by atoms with Crippen LogP contribution in [0.15, 0.2) is 30.3 Å². The van der Waals surface area contributed by atoms with E-state index in [0.29, 0.717) is 5.56 Å². The Kier molecular flexibility index (Phi) is 4.82. The summed E-state index contributed by atoms with van der Waals surface area (Å²) in [5.41, 5.74) is 0.352. The first-order valence-corrected chi connectivity index (χ1v) is 5.37. The third-order valence-corrected chi connectivity index (χ3v) is 2.41. The van der Waals surface area contributed by atoms with Gasteiger partial charge in [-0.05, 0) is 12.5 Å². The summed E-state index contributed by atoms with van der Waals surface area (Å²) in [5, 5.41) is 29.8. The molecule has 0 aliphatic rings. The lowest BCUT2D eigenvalue weighted by Crippen LogP contribution is -2.49. The Morgan fingerprint density at radius 3 is 2.17 bits per heavy atom. The second kappa shape index (κ2) is 6.13. The van der Waals surface area contributed by atoms with Crippen LogP contribution in [-0.2, 0) is 9.59 Å². The van der Waals surface area contributed by atoms with Crippen molar-refractivity contribution in [3.63, 3.8) is 0 Å².